The molecule has 0 saturated carbocycles. The summed E-state index contributed by atoms with van der Waals surface area (Å²) >= 11 is 2.02. The summed E-state index contributed by atoms with van der Waals surface area (Å²) in [6, 6.07) is 5.01. The molecule has 0 aromatic heterocycles. The van der Waals surface area contributed by atoms with Crippen LogP contribution in [0.2, 0.25) is 0 Å². The normalized spacial score (nSPS) is 12.5. The van der Waals surface area contributed by atoms with Gasteiger partial charge in [-0.15, -0.1) is 0 Å². The molecule has 1 aromatic carbocycles. The number of halogens is 1. The Kier molecular flexibility index (Phi) is 3.82. The number of hydrogen-bond acceptors (Lipinski definition) is 3. The van der Waals surface area contributed by atoms with Gasteiger partial charge >= 0.3 is 0 Å². The Bertz CT molecular complexity index is 354. The maximum atomic E-state index is 10.7. The summed E-state index contributed by atoms with van der Waals surface area (Å²) in [5.41, 5.74) is 0.663. The monoisotopic (exact) mass is 307 g/mol. The first kappa shape index (κ1) is 11.4. The van der Waals surface area contributed by atoms with Crippen LogP contribution in [0.4, 0.5) is 5.69 Å². The van der Waals surface area contributed by atoms with Crippen LogP contribution < -0.4 is 0 Å². The Morgan fingerprint density at radius 3 is 2.79 bits per heavy atom. The Labute approximate surface area is 95.2 Å². The lowest BCUT2D eigenvalue weighted by Gasteiger charge is -2.08. The highest BCUT2D eigenvalue weighted by atomic mass is 127. The summed E-state index contributed by atoms with van der Waals surface area (Å²) in [6.45, 7) is 1.68. The zero-order valence-electron chi connectivity index (χ0n) is 7.61. The number of hydrogen-bond donors (Lipinski definition) is 1. The summed E-state index contributed by atoms with van der Waals surface area (Å²) in [4.78, 5) is 10.3. The Morgan fingerprint density at radius 1 is 1.64 bits per heavy atom. The van der Waals surface area contributed by atoms with Crippen molar-refractivity contribution in [3.63, 3.8) is 0 Å². The van der Waals surface area contributed by atoms with E-state index < -0.39 is 4.92 Å². The van der Waals surface area contributed by atoms with E-state index in [-0.39, 0.29) is 18.2 Å². The minimum absolute atomic E-state index is 0.0819. The maximum absolute atomic E-state index is 10.7. The second kappa shape index (κ2) is 4.70. The van der Waals surface area contributed by atoms with Crippen LogP contribution in [0.5, 0.6) is 0 Å². The van der Waals surface area contributed by atoms with E-state index in [0.717, 1.165) is 3.57 Å². The van der Waals surface area contributed by atoms with Crippen LogP contribution in [0.3, 0.4) is 0 Å². The number of benzene rings is 1. The van der Waals surface area contributed by atoms with Gasteiger partial charge in [-0.1, -0.05) is 13.0 Å². The molecule has 1 atom stereocenters. The predicted octanol–water partition coefficient (Wildman–Crippen LogP) is 2.30. The minimum atomic E-state index is -0.413. The number of nitro benzene ring substituents is 1. The molecule has 0 bridgehead atoms. The van der Waals surface area contributed by atoms with Crippen LogP contribution in [-0.2, 0) is 0 Å². The van der Waals surface area contributed by atoms with Gasteiger partial charge in [0.25, 0.3) is 5.69 Å². The van der Waals surface area contributed by atoms with Crippen molar-refractivity contribution in [3.8, 4) is 0 Å². The van der Waals surface area contributed by atoms with E-state index in [1.165, 1.54) is 6.07 Å². The molecular formula is C9H10INO3. The first-order chi connectivity index (χ1) is 6.56. The number of rotatable bonds is 3. The van der Waals surface area contributed by atoms with Crippen molar-refractivity contribution >= 4 is 28.3 Å². The van der Waals surface area contributed by atoms with Gasteiger partial charge in [0.1, 0.15) is 0 Å². The second-order valence-electron chi connectivity index (χ2n) is 3.04. The first-order valence-electron chi connectivity index (χ1n) is 4.11. The van der Waals surface area contributed by atoms with Gasteiger partial charge in [-0.05, 0) is 28.7 Å². The summed E-state index contributed by atoms with van der Waals surface area (Å²) in [6.07, 6.45) is 0. The zero-order chi connectivity index (χ0) is 10.7. The van der Waals surface area contributed by atoms with Gasteiger partial charge in [0, 0.05) is 27.7 Å². The molecule has 1 unspecified atom stereocenters. The van der Waals surface area contributed by atoms with Gasteiger partial charge in [0.05, 0.1) is 4.92 Å². The van der Waals surface area contributed by atoms with Gasteiger partial charge in [0.2, 0.25) is 0 Å². The molecule has 4 nitrogen and oxygen atoms in total. The summed E-state index contributed by atoms with van der Waals surface area (Å²) in [5, 5.41) is 19.7. The molecule has 76 valence electrons. The van der Waals surface area contributed by atoms with Gasteiger partial charge in [-0.2, -0.15) is 0 Å². The fourth-order valence-corrected chi connectivity index (χ4v) is 1.66. The highest BCUT2D eigenvalue weighted by molar-refractivity contribution is 14.1. The van der Waals surface area contributed by atoms with Crippen LogP contribution in [-0.4, -0.2) is 16.6 Å². The zero-order valence-corrected chi connectivity index (χ0v) is 9.76. The minimum Gasteiger partial charge on any atom is -0.396 e. The standard InChI is InChI=1S/C9H10INO3/c1-6(5-12)8-3-2-7(10)4-9(8)11(13)14/h2-4,6,12H,5H2,1H3. The van der Waals surface area contributed by atoms with Gasteiger partial charge in [-0.25, -0.2) is 0 Å². The molecule has 0 heterocycles. The fourth-order valence-electron chi connectivity index (χ4n) is 1.19. The average Bonchev–Trinajstić information content (AvgIpc) is 2.16. The van der Waals surface area contributed by atoms with Crippen molar-refractivity contribution in [1.82, 2.24) is 0 Å². The van der Waals surface area contributed by atoms with Gasteiger partial charge in [-0.3, -0.25) is 10.1 Å². The number of aliphatic hydroxyl groups excluding tert-OH is 1. The summed E-state index contributed by atoms with van der Waals surface area (Å²) < 4.78 is 0.822. The highest BCUT2D eigenvalue weighted by Crippen LogP contribution is 2.27. The largest absolute Gasteiger partial charge is 0.396 e. The molecule has 14 heavy (non-hydrogen) atoms. The second-order valence-corrected chi connectivity index (χ2v) is 4.29. The SMILES string of the molecule is CC(CO)c1ccc(I)cc1[N+](=O)[O-]. The van der Waals surface area contributed by atoms with E-state index >= 15 is 0 Å². The van der Waals surface area contributed by atoms with Gasteiger partial charge in [0.15, 0.2) is 0 Å². The van der Waals surface area contributed by atoms with E-state index in [0.29, 0.717) is 5.56 Å². The van der Waals surface area contributed by atoms with Crippen molar-refractivity contribution < 1.29 is 10.0 Å². The van der Waals surface area contributed by atoms with Crippen LogP contribution in [0.1, 0.15) is 18.4 Å². The first-order valence-corrected chi connectivity index (χ1v) is 5.19. The number of nitrogens with zero attached hydrogens (tertiary/aromatic N) is 1. The summed E-state index contributed by atoms with van der Waals surface area (Å²) in [5.74, 6) is -0.201. The highest BCUT2D eigenvalue weighted by Gasteiger charge is 2.18. The molecule has 1 rings (SSSR count). The van der Waals surface area contributed by atoms with E-state index in [2.05, 4.69) is 0 Å². The Morgan fingerprint density at radius 2 is 2.29 bits per heavy atom. The van der Waals surface area contributed by atoms with Crippen LogP contribution >= 0.6 is 22.6 Å². The van der Waals surface area contributed by atoms with Crippen molar-refractivity contribution in [3.05, 3.63) is 37.4 Å². The molecule has 0 aliphatic heterocycles. The topological polar surface area (TPSA) is 63.4 Å². The molecule has 1 aromatic rings. The third-order valence-corrected chi connectivity index (χ3v) is 2.66. The van der Waals surface area contributed by atoms with E-state index in [1.54, 1.807) is 19.1 Å². The van der Waals surface area contributed by atoms with E-state index in [4.69, 9.17) is 5.11 Å². The Hall–Kier alpha value is -0.690. The van der Waals surface area contributed by atoms with E-state index in [9.17, 15) is 10.1 Å². The summed E-state index contributed by atoms with van der Waals surface area (Å²) in [7, 11) is 0. The molecule has 0 aliphatic rings. The smallest absolute Gasteiger partial charge is 0.273 e. The number of aliphatic hydroxyl groups is 1. The van der Waals surface area contributed by atoms with E-state index in [1.807, 2.05) is 22.6 Å². The van der Waals surface area contributed by atoms with Crippen molar-refractivity contribution in [2.45, 2.75) is 12.8 Å². The molecule has 0 saturated heterocycles. The molecule has 0 amide bonds. The quantitative estimate of drug-likeness (QED) is 0.529. The molecule has 0 aliphatic carbocycles. The molecule has 5 heteroatoms. The van der Waals surface area contributed by atoms with Crippen LogP contribution in [0, 0.1) is 13.7 Å². The molecule has 0 spiro atoms. The lowest BCUT2D eigenvalue weighted by atomic mass is 10.0. The molecule has 1 N–H and O–H groups in total. The van der Waals surface area contributed by atoms with Crippen molar-refractivity contribution in [2.24, 2.45) is 0 Å². The molecule has 0 fully saturated rings. The lowest BCUT2D eigenvalue weighted by molar-refractivity contribution is -0.385. The Balaban J connectivity index is 3.21. The molecule has 0 radical (unpaired) electrons. The average molecular weight is 307 g/mol. The van der Waals surface area contributed by atoms with Gasteiger partial charge < -0.3 is 5.11 Å². The molecular weight excluding hydrogens is 297 g/mol. The predicted molar refractivity (Wildman–Crippen MR) is 61.3 cm³/mol. The van der Waals surface area contributed by atoms with Crippen LogP contribution in [0.25, 0.3) is 0 Å². The third kappa shape index (κ3) is 2.42. The number of nitro groups is 1. The van der Waals surface area contributed by atoms with Crippen molar-refractivity contribution in [1.29, 1.82) is 0 Å². The fraction of sp³-hybridized carbons (Fsp3) is 0.333. The van der Waals surface area contributed by atoms with Crippen molar-refractivity contribution in [2.75, 3.05) is 6.61 Å². The lowest BCUT2D eigenvalue weighted by Crippen LogP contribution is -2.03. The maximum Gasteiger partial charge on any atom is 0.273 e. The van der Waals surface area contributed by atoms with Crippen LogP contribution in [0.15, 0.2) is 18.2 Å². The third-order valence-electron chi connectivity index (χ3n) is 1.99.